The van der Waals surface area contributed by atoms with Crippen LogP contribution in [0.3, 0.4) is 0 Å². The highest BCUT2D eigenvalue weighted by atomic mass is 19.4. The van der Waals surface area contributed by atoms with E-state index in [1.54, 1.807) is 6.92 Å². The van der Waals surface area contributed by atoms with Crippen LogP contribution in [0.2, 0.25) is 0 Å². The Bertz CT molecular complexity index is 1680. The summed E-state index contributed by atoms with van der Waals surface area (Å²) in [7, 11) is 0. The second kappa shape index (κ2) is 14.7. The zero-order chi connectivity index (χ0) is 32.6. The van der Waals surface area contributed by atoms with Crippen molar-refractivity contribution in [2.24, 2.45) is 0 Å². The predicted octanol–water partition coefficient (Wildman–Crippen LogP) is 7.09. The Morgan fingerprint density at radius 2 is 1.66 bits per heavy atom. The number of aromatic amines is 1. The Hall–Kier alpha value is -4.61. The number of hydrogen-bond acceptors (Lipinski definition) is 7. The minimum absolute atomic E-state index is 0.0331. The molecule has 44 heavy (non-hydrogen) atoms. The Balaban J connectivity index is 0.000000583. The molecule has 9 nitrogen and oxygen atoms in total. The normalized spacial score (nSPS) is 12.0. The van der Waals surface area contributed by atoms with Crippen LogP contribution in [0.1, 0.15) is 77.0 Å². The van der Waals surface area contributed by atoms with E-state index >= 15 is 0 Å². The maximum atomic E-state index is 12.9. The molecular formula is C32H36F3N5O4. The third kappa shape index (κ3) is 8.48. The van der Waals surface area contributed by atoms with E-state index in [4.69, 9.17) is 0 Å². The number of aromatic nitrogens is 5. The number of benzene rings is 2. The van der Waals surface area contributed by atoms with Crippen LogP contribution < -0.4 is 5.76 Å². The van der Waals surface area contributed by atoms with Crippen molar-refractivity contribution in [1.82, 2.24) is 24.9 Å². The van der Waals surface area contributed by atoms with Crippen LogP contribution in [0.25, 0.3) is 28.2 Å². The van der Waals surface area contributed by atoms with Gasteiger partial charge in [-0.3, -0.25) is 19.1 Å². The molecule has 1 N–H and O–H groups in total. The lowest BCUT2D eigenvalue weighted by Gasteiger charge is -2.17. The van der Waals surface area contributed by atoms with Crippen molar-refractivity contribution in [2.45, 2.75) is 79.3 Å². The molecule has 12 heteroatoms. The lowest BCUT2D eigenvalue weighted by Crippen LogP contribution is -2.20. The third-order valence-electron chi connectivity index (χ3n) is 6.68. The first kappa shape index (κ1) is 33.9. The minimum atomic E-state index is -4.63. The molecule has 0 spiro atoms. The first-order valence-electron chi connectivity index (χ1n) is 14.3. The Morgan fingerprint density at radius 3 is 2.14 bits per heavy atom. The molecule has 0 saturated heterocycles. The number of rotatable bonds is 10. The molecule has 0 radical (unpaired) electrons. The first-order chi connectivity index (χ1) is 20.8. The molecule has 0 bridgehead atoms. The number of allylic oxidation sites excluding steroid dienone is 2. The molecule has 4 rings (SSSR count). The van der Waals surface area contributed by atoms with Crippen molar-refractivity contribution in [2.75, 3.05) is 0 Å². The van der Waals surface area contributed by atoms with Gasteiger partial charge in [-0.15, -0.1) is 0 Å². The van der Waals surface area contributed by atoms with E-state index in [0.29, 0.717) is 18.1 Å². The summed E-state index contributed by atoms with van der Waals surface area (Å²) >= 11 is 0. The predicted molar refractivity (Wildman–Crippen MR) is 161 cm³/mol. The molecule has 0 fully saturated rings. The van der Waals surface area contributed by atoms with Crippen molar-refractivity contribution < 1.29 is 27.3 Å². The quantitative estimate of drug-likeness (QED) is 0.190. The summed E-state index contributed by atoms with van der Waals surface area (Å²) in [5, 5.41) is 8.48. The molecule has 0 saturated carbocycles. The number of hydrogen-bond donors (Lipinski definition) is 1. The average Bonchev–Trinajstić information content (AvgIpc) is 3.60. The van der Waals surface area contributed by atoms with Crippen LogP contribution in [-0.4, -0.2) is 42.6 Å². The molecule has 0 aliphatic rings. The maximum Gasteiger partial charge on any atom is 0.449 e. The van der Waals surface area contributed by atoms with Gasteiger partial charge in [0.25, 0.3) is 0 Å². The van der Waals surface area contributed by atoms with Gasteiger partial charge in [0.2, 0.25) is 5.78 Å². The fourth-order valence-electron chi connectivity index (χ4n) is 4.55. The maximum absolute atomic E-state index is 12.9. The lowest BCUT2D eigenvalue weighted by atomic mass is 9.94. The largest absolute Gasteiger partial charge is 0.449 e. The summed E-state index contributed by atoms with van der Waals surface area (Å²) in [6.45, 7) is 10.9. The topological polar surface area (TPSA) is 124 Å². The van der Waals surface area contributed by atoms with Gasteiger partial charge in [-0.2, -0.15) is 18.3 Å². The van der Waals surface area contributed by atoms with Gasteiger partial charge in [-0.25, -0.2) is 14.5 Å². The number of carbonyl (C=O) groups is 2. The van der Waals surface area contributed by atoms with Crippen molar-refractivity contribution in [3.05, 3.63) is 81.9 Å². The molecule has 0 amide bonds. The minimum Gasteiger partial charge on any atom is -0.296 e. The SMILES string of the molecule is CCC(=O)C(F)(F)F.CCC/C(=C(\Cc1ccc(-c2ccccc2-c2noc(=O)[nH]2)cc1)C(C)=O)n1nc(C)nc1C(C)C. The molecule has 0 aliphatic carbocycles. The molecule has 0 atom stereocenters. The van der Waals surface area contributed by atoms with Crippen molar-refractivity contribution in [1.29, 1.82) is 0 Å². The second-order valence-corrected chi connectivity index (χ2v) is 10.5. The van der Waals surface area contributed by atoms with Crippen LogP contribution in [-0.2, 0) is 16.0 Å². The number of ketones is 2. The number of aryl methyl sites for hydroxylation is 1. The summed E-state index contributed by atoms with van der Waals surface area (Å²) in [5.41, 5.74) is 5.34. The van der Waals surface area contributed by atoms with Gasteiger partial charge in [0, 0.05) is 29.9 Å². The molecule has 2 heterocycles. The molecule has 0 unspecified atom stereocenters. The monoisotopic (exact) mass is 611 g/mol. The number of carbonyl (C=O) groups excluding carboxylic acids is 2. The van der Waals surface area contributed by atoms with Crippen LogP contribution in [0, 0.1) is 6.92 Å². The third-order valence-corrected chi connectivity index (χ3v) is 6.68. The van der Waals surface area contributed by atoms with Crippen molar-refractivity contribution in [3.63, 3.8) is 0 Å². The summed E-state index contributed by atoms with van der Waals surface area (Å²) in [4.78, 5) is 41.2. The number of alkyl halides is 3. The van der Waals surface area contributed by atoms with Crippen LogP contribution in [0.15, 0.2) is 63.4 Å². The van der Waals surface area contributed by atoms with E-state index in [2.05, 4.69) is 45.5 Å². The zero-order valence-electron chi connectivity index (χ0n) is 25.6. The molecule has 234 valence electrons. The Labute approximate surface area is 253 Å². The van der Waals surface area contributed by atoms with Crippen LogP contribution in [0.4, 0.5) is 13.2 Å². The van der Waals surface area contributed by atoms with Gasteiger partial charge < -0.3 is 0 Å². The lowest BCUT2D eigenvalue weighted by molar-refractivity contribution is -0.170. The molecular weight excluding hydrogens is 575 g/mol. The molecule has 2 aromatic heterocycles. The highest BCUT2D eigenvalue weighted by Crippen LogP contribution is 2.31. The van der Waals surface area contributed by atoms with Crippen LogP contribution >= 0.6 is 0 Å². The van der Waals surface area contributed by atoms with Gasteiger partial charge in [0.05, 0.1) is 5.70 Å². The number of halogens is 3. The van der Waals surface area contributed by atoms with Gasteiger partial charge in [0.15, 0.2) is 11.6 Å². The standard InChI is InChI=1S/C28H31N5O3.C4H5F3O/c1-6-9-25(33-27(17(2)3)29-19(5)31-33)24(18(4)34)16-20-12-14-21(15-13-20)22-10-7-8-11-23(22)26-30-28(35)36-32-26;1-2-3(8)4(5,6)7/h7-8,10-15,17H,6,9,16H2,1-5H3,(H,30,32,35);2H2,1H3/b25-24-;. The number of Topliss-reactive ketones (excluding diaryl/α,β-unsaturated/α-hetero) is 2. The number of nitrogens with one attached hydrogen (secondary N) is 1. The summed E-state index contributed by atoms with van der Waals surface area (Å²) < 4.78 is 39.9. The number of nitrogens with zero attached hydrogens (tertiary/aromatic N) is 4. The van der Waals surface area contributed by atoms with Gasteiger partial charge in [0.1, 0.15) is 11.6 Å². The van der Waals surface area contributed by atoms with E-state index in [1.165, 1.54) is 6.92 Å². The summed E-state index contributed by atoms with van der Waals surface area (Å²) in [6.07, 6.45) is -2.97. The highest BCUT2D eigenvalue weighted by Gasteiger charge is 2.36. The highest BCUT2D eigenvalue weighted by molar-refractivity contribution is 5.99. The summed E-state index contributed by atoms with van der Waals surface area (Å²) in [5.74, 6) is -0.0905. The Morgan fingerprint density at radius 1 is 1.02 bits per heavy atom. The smallest absolute Gasteiger partial charge is 0.296 e. The van der Waals surface area contributed by atoms with Gasteiger partial charge >= 0.3 is 11.9 Å². The van der Waals surface area contributed by atoms with Gasteiger partial charge in [-0.1, -0.05) is 87.8 Å². The summed E-state index contributed by atoms with van der Waals surface area (Å²) in [6, 6.07) is 15.8. The molecule has 0 aliphatic heterocycles. The Kier molecular flexibility index (Phi) is 11.3. The fourth-order valence-corrected chi connectivity index (χ4v) is 4.55. The van der Waals surface area contributed by atoms with Crippen molar-refractivity contribution in [3.8, 4) is 22.5 Å². The number of H-pyrrole nitrogens is 1. The van der Waals surface area contributed by atoms with Gasteiger partial charge in [-0.05, 0) is 37.0 Å². The van der Waals surface area contributed by atoms with E-state index < -0.39 is 24.1 Å². The van der Waals surface area contributed by atoms with E-state index in [9.17, 15) is 27.6 Å². The van der Waals surface area contributed by atoms with E-state index in [1.807, 2.05) is 60.1 Å². The fraction of sp³-hybridized carbons (Fsp3) is 0.375. The molecule has 2 aromatic carbocycles. The zero-order valence-corrected chi connectivity index (χ0v) is 25.6. The average molecular weight is 612 g/mol. The first-order valence-corrected chi connectivity index (χ1v) is 14.3. The van der Waals surface area contributed by atoms with E-state index in [-0.39, 0.29) is 11.7 Å². The van der Waals surface area contributed by atoms with Crippen molar-refractivity contribution >= 4 is 17.3 Å². The second-order valence-electron chi connectivity index (χ2n) is 10.5. The van der Waals surface area contributed by atoms with Crippen LogP contribution in [0.5, 0.6) is 0 Å². The van der Waals surface area contributed by atoms with E-state index in [0.717, 1.165) is 52.2 Å². The molecule has 4 aromatic rings.